The Bertz CT molecular complexity index is 1160. The predicted molar refractivity (Wildman–Crippen MR) is 87.3 cm³/mol. The molecule has 7 nitrogen and oxygen atoms in total. The van der Waals surface area contributed by atoms with Crippen LogP contribution in [0.2, 0.25) is 0 Å². The van der Waals surface area contributed by atoms with Crippen molar-refractivity contribution in [3.63, 3.8) is 0 Å². The first kappa shape index (κ1) is 18.4. The van der Waals surface area contributed by atoms with Crippen LogP contribution in [0.15, 0.2) is 46.2 Å². The highest BCUT2D eigenvalue weighted by Gasteiger charge is 2.50. The number of carboxylic acid groups (broad SMARTS) is 1. The van der Waals surface area contributed by atoms with Crippen LogP contribution in [0.4, 0.5) is 13.2 Å². The van der Waals surface area contributed by atoms with Gasteiger partial charge in [0.2, 0.25) is 0 Å². The molecular formula is C17H11F3NO6S-. The average Bonchev–Trinajstić information content (AvgIpc) is 2.98. The summed E-state index contributed by atoms with van der Waals surface area (Å²) in [5.41, 5.74) is -4.97. The molecule has 0 aliphatic carbocycles. The van der Waals surface area contributed by atoms with E-state index in [0.29, 0.717) is 17.6 Å². The van der Waals surface area contributed by atoms with Crippen LogP contribution in [0.1, 0.15) is 17.7 Å². The molecule has 0 bridgehead atoms. The zero-order valence-electron chi connectivity index (χ0n) is 13.9. The summed E-state index contributed by atoms with van der Waals surface area (Å²) in [5, 5.41) is 12.0. The summed E-state index contributed by atoms with van der Waals surface area (Å²) in [5.74, 6) is -2.17. The van der Waals surface area contributed by atoms with Crippen molar-refractivity contribution in [2.45, 2.75) is 18.3 Å². The maximum absolute atomic E-state index is 12.8. The lowest BCUT2D eigenvalue weighted by molar-refractivity contribution is -0.299. The zero-order chi connectivity index (χ0) is 20.3. The van der Waals surface area contributed by atoms with E-state index in [1.54, 1.807) is 24.3 Å². The van der Waals surface area contributed by atoms with Gasteiger partial charge in [0.25, 0.3) is 0 Å². The van der Waals surface area contributed by atoms with Gasteiger partial charge >= 0.3 is 15.6 Å². The second-order valence-electron chi connectivity index (χ2n) is 6.22. The fourth-order valence-electron chi connectivity index (χ4n) is 3.29. The number of carbonyl (C=O) groups excluding carboxylic acids is 1. The molecule has 2 aliphatic rings. The Balaban J connectivity index is 1.91. The molecule has 11 heteroatoms. The van der Waals surface area contributed by atoms with Gasteiger partial charge in [0.05, 0.1) is 5.97 Å². The van der Waals surface area contributed by atoms with E-state index in [1.807, 2.05) is 0 Å². The summed E-state index contributed by atoms with van der Waals surface area (Å²) in [4.78, 5) is 12.6. The van der Waals surface area contributed by atoms with Crippen LogP contribution in [0, 0.1) is 0 Å². The first-order valence-electron chi connectivity index (χ1n) is 8.02. The number of allylic oxidation sites excluding steroid dienone is 1. The molecular weight excluding hydrogens is 403 g/mol. The number of nitrogens with zero attached hydrogens (tertiary/aromatic N) is 1. The molecule has 0 spiro atoms. The van der Waals surface area contributed by atoms with Gasteiger partial charge in [0, 0.05) is 30.1 Å². The van der Waals surface area contributed by atoms with Crippen LogP contribution in [-0.2, 0) is 25.5 Å². The second kappa shape index (κ2) is 6.03. The SMILES string of the molecule is O=C([O-])C1=CN2CCc3c(oc4ccccc34)C2=C(OS(=O)(=O)C(F)(F)F)C1. The molecule has 0 saturated carbocycles. The molecule has 1 aromatic heterocycles. The lowest BCUT2D eigenvalue weighted by Crippen LogP contribution is -2.35. The van der Waals surface area contributed by atoms with Crippen LogP contribution >= 0.6 is 0 Å². The summed E-state index contributed by atoms with van der Waals surface area (Å²) in [7, 11) is -6.00. The Labute approximate surface area is 156 Å². The van der Waals surface area contributed by atoms with Gasteiger partial charge in [-0.3, -0.25) is 0 Å². The largest absolute Gasteiger partial charge is 0.545 e. The summed E-state index contributed by atoms with van der Waals surface area (Å²) in [6, 6.07) is 6.91. The lowest BCUT2D eigenvalue weighted by Gasteiger charge is -2.34. The third kappa shape index (κ3) is 2.82. The normalized spacial score (nSPS) is 17.2. The quantitative estimate of drug-likeness (QED) is 0.558. The molecule has 1 aromatic carbocycles. The monoisotopic (exact) mass is 414 g/mol. The maximum Gasteiger partial charge on any atom is 0.534 e. The number of furan rings is 1. The number of halogens is 3. The average molecular weight is 414 g/mol. The molecule has 2 aromatic rings. The van der Waals surface area contributed by atoms with Crippen molar-refractivity contribution in [2.24, 2.45) is 0 Å². The van der Waals surface area contributed by atoms with Gasteiger partial charge in [-0.15, -0.1) is 0 Å². The minimum atomic E-state index is -6.00. The zero-order valence-corrected chi connectivity index (χ0v) is 14.8. The number of para-hydroxylation sites is 1. The molecule has 0 amide bonds. The van der Waals surface area contributed by atoms with Gasteiger partial charge in [0.15, 0.2) is 11.5 Å². The number of alkyl halides is 3. The molecule has 0 radical (unpaired) electrons. The number of aliphatic carboxylic acids is 1. The Morgan fingerprint density at radius 1 is 1.25 bits per heavy atom. The molecule has 4 rings (SSSR count). The van der Waals surface area contributed by atoms with E-state index in [1.165, 1.54) is 11.1 Å². The van der Waals surface area contributed by atoms with Crippen molar-refractivity contribution in [3.05, 3.63) is 53.1 Å². The summed E-state index contributed by atoms with van der Waals surface area (Å²) < 4.78 is 71.6. The number of carboxylic acids is 1. The molecule has 148 valence electrons. The Kier molecular flexibility index (Phi) is 3.96. The molecule has 2 aliphatic heterocycles. The Morgan fingerprint density at radius 3 is 2.64 bits per heavy atom. The van der Waals surface area contributed by atoms with Crippen LogP contribution in [0.5, 0.6) is 0 Å². The molecule has 0 fully saturated rings. The van der Waals surface area contributed by atoms with E-state index in [-0.39, 0.29) is 18.0 Å². The first-order valence-corrected chi connectivity index (χ1v) is 9.42. The van der Waals surface area contributed by atoms with Gasteiger partial charge < -0.3 is 23.4 Å². The van der Waals surface area contributed by atoms with E-state index in [2.05, 4.69) is 4.18 Å². The molecule has 0 unspecified atom stereocenters. The van der Waals surface area contributed by atoms with Crippen molar-refractivity contribution < 1.29 is 40.1 Å². The highest BCUT2D eigenvalue weighted by atomic mass is 32.2. The fourth-order valence-corrected chi connectivity index (χ4v) is 3.79. The number of rotatable bonds is 3. The molecule has 3 heterocycles. The van der Waals surface area contributed by atoms with Gasteiger partial charge in [-0.05, 0) is 18.1 Å². The number of hydrogen-bond acceptors (Lipinski definition) is 7. The van der Waals surface area contributed by atoms with Crippen molar-refractivity contribution in [3.8, 4) is 0 Å². The van der Waals surface area contributed by atoms with Crippen LogP contribution < -0.4 is 5.11 Å². The highest BCUT2D eigenvalue weighted by Crippen LogP contribution is 2.43. The fraction of sp³-hybridized carbons (Fsp3) is 0.235. The van der Waals surface area contributed by atoms with Gasteiger partial charge in [-0.1, -0.05) is 18.2 Å². The molecule has 0 N–H and O–H groups in total. The highest BCUT2D eigenvalue weighted by molar-refractivity contribution is 7.87. The van der Waals surface area contributed by atoms with Crippen LogP contribution in [0.3, 0.4) is 0 Å². The second-order valence-corrected chi connectivity index (χ2v) is 7.76. The molecule has 0 saturated heterocycles. The van der Waals surface area contributed by atoms with E-state index in [9.17, 15) is 31.5 Å². The van der Waals surface area contributed by atoms with Gasteiger partial charge in [-0.25, -0.2) is 0 Å². The van der Waals surface area contributed by atoms with Crippen molar-refractivity contribution in [1.82, 2.24) is 4.90 Å². The first-order chi connectivity index (χ1) is 13.1. The summed E-state index contributed by atoms with van der Waals surface area (Å²) in [6.07, 6.45) is 0.903. The van der Waals surface area contributed by atoms with Crippen LogP contribution in [-0.4, -0.2) is 31.3 Å². The van der Waals surface area contributed by atoms with Gasteiger partial charge in [0.1, 0.15) is 11.3 Å². The van der Waals surface area contributed by atoms with E-state index in [0.717, 1.165) is 5.39 Å². The third-order valence-electron chi connectivity index (χ3n) is 4.49. The van der Waals surface area contributed by atoms with Gasteiger partial charge in [-0.2, -0.15) is 21.6 Å². The smallest absolute Gasteiger partial charge is 0.534 e. The van der Waals surface area contributed by atoms with E-state index < -0.39 is 39.3 Å². The Morgan fingerprint density at radius 2 is 1.96 bits per heavy atom. The minimum Gasteiger partial charge on any atom is -0.545 e. The molecule has 28 heavy (non-hydrogen) atoms. The maximum atomic E-state index is 12.8. The van der Waals surface area contributed by atoms with E-state index in [4.69, 9.17) is 4.42 Å². The number of carbonyl (C=O) groups is 1. The van der Waals surface area contributed by atoms with Crippen molar-refractivity contribution >= 4 is 32.8 Å². The number of hydrogen-bond donors (Lipinski definition) is 0. The molecule has 0 atom stereocenters. The summed E-state index contributed by atoms with van der Waals surface area (Å²) in [6.45, 7) is 0.196. The topological polar surface area (TPSA) is 99.9 Å². The predicted octanol–water partition coefficient (Wildman–Crippen LogP) is 1.86. The minimum absolute atomic E-state index is 0.0460. The van der Waals surface area contributed by atoms with Crippen LogP contribution in [0.25, 0.3) is 16.7 Å². The van der Waals surface area contributed by atoms with Crippen molar-refractivity contribution in [2.75, 3.05) is 6.54 Å². The Hall–Kier alpha value is -2.95. The lowest BCUT2D eigenvalue weighted by atomic mass is 9.96. The number of benzene rings is 1. The standard InChI is InChI=1S/C17H12F3NO6S/c18-17(19,20)28(24,25)27-13-7-9(16(22)23)8-21-6-5-11-10-3-1-2-4-12(10)26-15(11)14(13)21/h1-4,8H,5-7H2,(H,22,23)/p-1. The summed E-state index contributed by atoms with van der Waals surface area (Å²) >= 11 is 0. The number of fused-ring (bicyclic) bond motifs is 5. The van der Waals surface area contributed by atoms with E-state index >= 15 is 0 Å². The third-order valence-corrected chi connectivity index (χ3v) is 5.47. The van der Waals surface area contributed by atoms with Crippen molar-refractivity contribution in [1.29, 1.82) is 0 Å².